The number of hydrogen-bond acceptors (Lipinski definition) is 4. The summed E-state index contributed by atoms with van der Waals surface area (Å²) in [6.45, 7) is 6.78. The Bertz CT molecular complexity index is 221. The van der Waals surface area contributed by atoms with E-state index in [0.29, 0.717) is 0 Å². The molecule has 0 fully saturated rings. The van der Waals surface area contributed by atoms with Crippen molar-refractivity contribution >= 4 is 11.8 Å². The lowest BCUT2D eigenvalue weighted by molar-refractivity contribution is -0.154. The summed E-state index contributed by atoms with van der Waals surface area (Å²) >= 11 is 0. The van der Waals surface area contributed by atoms with E-state index in [1.165, 1.54) is 13.8 Å². The molecule has 0 saturated carbocycles. The van der Waals surface area contributed by atoms with Gasteiger partial charge in [-0.15, -0.1) is 0 Å². The number of aliphatic hydroxyl groups excluding tert-OH is 1. The van der Waals surface area contributed by atoms with Gasteiger partial charge < -0.3 is 9.84 Å². The predicted molar refractivity (Wildman–Crippen MR) is 56.3 cm³/mol. The van der Waals surface area contributed by atoms with Gasteiger partial charge in [0.25, 0.3) is 0 Å². The van der Waals surface area contributed by atoms with Crippen molar-refractivity contribution in [1.82, 2.24) is 0 Å². The Labute approximate surface area is 90.6 Å². The molecule has 0 bridgehead atoms. The Morgan fingerprint density at radius 3 is 2.07 bits per heavy atom. The van der Waals surface area contributed by atoms with Gasteiger partial charge in [-0.05, 0) is 19.8 Å². The van der Waals surface area contributed by atoms with Crippen molar-refractivity contribution in [2.75, 3.05) is 0 Å². The first kappa shape index (κ1) is 14.1. The fourth-order valence-corrected chi connectivity index (χ4v) is 1.15. The van der Waals surface area contributed by atoms with E-state index in [2.05, 4.69) is 0 Å². The highest BCUT2D eigenvalue weighted by Crippen LogP contribution is 2.12. The van der Waals surface area contributed by atoms with E-state index < -0.39 is 12.1 Å². The van der Waals surface area contributed by atoms with Gasteiger partial charge in [-0.1, -0.05) is 13.8 Å². The summed E-state index contributed by atoms with van der Waals surface area (Å²) in [7, 11) is 0. The highest BCUT2D eigenvalue weighted by molar-refractivity contribution is 5.77. The Balaban J connectivity index is 4.16. The summed E-state index contributed by atoms with van der Waals surface area (Å²) in [5, 5.41) is 8.99. The number of ketones is 1. The standard InChI is InChI=1S/C11H20O4/c1-7(2)10(5-8(3)12)15-11(14)6-9(4)13/h7,9-10,13H,5-6H2,1-4H3. The maximum absolute atomic E-state index is 11.3. The molecule has 4 nitrogen and oxygen atoms in total. The van der Waals surface area contributed by atoms with Gasteiger partial charge in [0, 0.05) is 6.42 Å². The molecule has 0 aliphatic carbocycles. The van der Waals surface area contributed by atoms with Crippen LogP contribution in [0.15, 0.2) is 0 Å². The van der Waals surface area contributed by atoms with Crippen LogP contribution in [-0.2, 0) is 14.3 Å². The van der Waals surface area contributed by atoms with Gasteiger partial charge in [-0.2, -0.15) is 0 Å². The molecule has 0 spiro atoms. The average molecular weight is 216 g/mol. The lowest BCUT2D eigenvalue weighted by Crippen LogP contribution is -2.27. The topological polar surface area (TPSA) is 63.6 Å². The highest BCUT2D eigenvalue weighted by Gasteiger charge is 2.20. The van der Waals surface area contributed by atoms with E-state index in [1.54, 1.807) is 0 Å². The van der Waals surface area contributed by atoms with Crippen LogP contribution in [0.5, 0.6) is 0 Å². The monoisotopic (exact) mass is 216 g/mol. The van der Waals surface area contributed by atoms with Crippen LogP contribution >= 0.6 is 0 Å². The minimum absolute atomic E-state index is 0.00135. The molecule has 0 aromatic carbocycles. The molecule has 0 aliphatic heterocycles. The number of aliphatic hydroxyl groups is 1. The van der Waals surface area contributed by atoms with E-state index in [9.17, 15) is 9.59 Å². The molecule has 0 heterocycles. The van der Waals surface area contributed by atoms with E-state index in [-0.39, 0.29) is 30.6 Å². The summed E-state index contributed by atoms with van der Waals surface area (Å²) in [6.07, 6.45) is -0.874. The van der Waals surface area contributed by atoms with Crippen LogP contribution in [0.2, 0.25) is 0 Å². The minimum Gasteiger partial charge on any atom is -0.462 e. The number of hydrogen-bond donors (Lipinski definition) is 1. The molecule has 0 aliphatic rings. The van der Waals surface area contributed by atoms with Crippen molar-refractivity contribution in [2.24, 2.45) is 5.92 Å². The molecule has 0 aromatic rings. The quantitative estimate of drug-likeness (QED) is 0.680. The van der Waals surface area contributed by atoms with Crippen molar-refractivity contribution in [3.8, 4) is 0 Å². The Hall–Kier alpha value is -0.900. The van der Waals surface area contributed by atoms with Gasteiger partial charge in [0.05, 0.1) is 12.5 Å². The normalized spacial score (nSPS) is 14.8. The number of ether oxygens (including phenoxy) is 1. The molecule has 88 valence electrons. The van der Waals surface area contributed by atoms with Crippen molar-refractivity contribution in [2.45, 2.75) is 52.7 Å². The molecule has 2 unspecified atom stereocenters. The van der Waals surface area contributed by atoms with E-state index in [4.69, 9.17) is 9.84 Å². The van der Waals surface area contributed by atoms with Crippen molar-refractivity contribution in [3.05, 3.63) is 0 Å². The smallest absolute Gasteiger partial charge is 0.308 e. The van der Waals surface area contributed by atoms with E-state index in [0.717, 1.165) is 0 Å². The third-order valence-electron chi connectivity index (χ3n) is 1.98. The second kappa shape index (κ2) is 6.56. The maximum Gasteiger partial charge on any atom is 0.308 e. The summed E-state index contributed by atoms with van der Waals surface area (Å²) in [5.74, 6) is -0.352. The van der Waals surface area contributed by atoms with Gasteiger partial charge in [0.1, 0.15) is 11.9 Å². The zero-order valence-corrected chi connectivity index (χ0v) is 9.82. The van der Waals surface area contributed by atoms with Crippen molar-refractivity contribution in [3.63, 3.8) is 0 Å². The molecule has 2 atom stereocenters. The number of esters is 1. The zero-order valence-electron chi connectivity index (χ0n) is 9.82. The second-order valence-electron chi connectivity index (χ2n) is 4.23. The lowest BCUT2D eigenvalue weighted by atomic mass is 10.0. The fraction of sp³-hybridized carbons (Fsp3) is 0.818. The molecule has 0 radical (unpaired) electrons. The van der Waals surface area contributed by atoms with E-state index in [1.807, 2.05) is 13.8 Å². The van der Waals surface area contributed by atoms with Crippen LogP contribution in [0.1, 0.15) is 40.5 Å². The number of carbonyl (C=O) groups is 2. The largest absolute Gasteiger partial charge is 0.462 e. The average Bonchev–Trinajstić information content (AvgIpc) is 1.99. The van der Waals surface area contributed by atoms with Crippen molar-refractivity contribution < 1.29 is 19.4 Å². The highest BCUT2D eigenvalue weighted by atomic mass is 16.5. The summed E-state index contributed by atoms with van der Waals surface area (Å²) in [5.41, 5.74) is 0. The minimum atomic E-state index is -0.706. The third kappa shape index (κ3) is 7.08. The van der Waals surface area contributed by atoms with Crippen LogP contribution < -0.4 is 0 Å². The summed E-state index contributed by atoms with van der Waals surface area (Å²) in [6, 6.07) is 0. The molecule has 4 heteroatoms. The van der Waals surface area contributed by atoms with Gasteiger partial charge in [-0.25, -0.2) is 0 Å². The number of carbonyl (C=O) groups excluding carboxylic acids is 2. The maximum atomic E-state index is 11.3. The molecular weight excluding hydrogens is 196 g/mol. The first-order chi connectivity index (χ1) is 6.82. The van der Waals surface area contributed by atoms with Gasteiger partial charge in [0.2, 0.25) is 0 Å². The first-order valence-corrected chi connectivity index (χ1v) is 5.20. The lowest BCUT2D eigenvalue weighted by Gasteiger charge is -2.20. The molecular formula is C11H20O4. The Kier molecular flexibility index (Phi) is 6.17. The predicted octanol–water partition coefficient (Wildman–Crippen LogP) is 1.30. The fourth-order valence-electron chi connectivity index (χ4n) is 1.15. The van der Waals surface area contributed by atoms with Crippen LogP contribution in [-0.4, -0.2) is 29.1 Å². The number of rotatable bonds is 6. The van der Waals surface area contributed by atoms with E-state index >= 15 is 0 Å². The summed E-state index contributed by atoms with van der Waals surface area (Å²) in [4.78, 5) is 22.2. The SMILES string of the molecule is CC(=O)CC(OC(=O)CC(C)O)C(C)C. The Morgan fingerprint density at radius 1 is 1.20 bits per heavy atom. The van der Waals surface area contributed by atoms with Crippen LogP contribution in [0.4, 0.5) is 0 Å². The molecule has 15 heavy (non-hydrogen) atoms. The molecule has 0 saturated heterocycles. The summed E-state index contributed by atoms with van der Waals surface area (Å²) < 4.78 is 5.11. The van der Waals surface area contributed by atoms with Crippen LogP contribution in [0.3, 0.4) is 0 Å². The first-order valence-electron chi connectivity index (χ1n) is 5.20. The van der Waals surface area contributed by atoms with Gasteiger partial charge in [0.15, 0.2) is 0 Å². The molecule has 0 aromatic heterocycles. The molecule has 0 rings (SSSR count). The second-order valence-corrected chi connectivity index (χ2v) is 4.23. The molecule has 0 amide bonds. The van der Waals surface area contributed by atoms with Crippen LogP contribution in [0, 0.1) is 5.92 Å². The van der Waals surface area contributed by atoms with Crippen molar-refractivity contribution in [1.29, 1.82) is 0 Å². The third-order valence-corrected chi connectivity index (χ3v) is 1.98. The molecule has 1 N–H and O–H groups in total. The Morgan fingerprint density at radius 2 is 1.73 bits per heavy atom. The van der Waals surface area contributed by atoms with Crippen LogP contribution in [0.25, 0.3) is 0 Å². The van der Waals surface area contributed by atoms with Gasteiger partial charge >= 0.3 is 5.97 Å². The van der Waals surface area contributed by atoms with Gasteiger partial charge in [-0.3, -0.25) is 9.59 Å². The number of Topliss-reactive ketones (excluding diaryl/α,β-unsaturated/α-hetero) is 1. The zero-order chi connectivity index (χ0) is 12.0.